The summed E-state index contributed by atoms with van der Waals surface area (Å²) in [5.74, 6) is -2.01. The van der Waals surface area contributed by atoms with Gasteiger partial charge in [-0.25, -0.2) is 13.8 Å². The monoisotopic (exact) mass is 479 g/mol. The molecule has 1 aromatic heterocycles. The Labute approximate surface area is 199 Å². The van der Waals surface area contributed by atoms with Gasteiger partial charge >= 0.3 is 0 Å². The van der Waals surface area contributed by atoms with Gasteiger partial charge in [-0.1, -0.05) is 13.3 Å². The number of carbonyl (C=O) groups excluding carboxylic acids is 2. The predicted octanol–water partition coefficient (Wildman–Crippen LogP) is 3.03. The molecule has 0 spiro atoms. The summed E-state index contributed by atoms with van der Waals surface area (Å²) in [7, 11) is 0. The topological polar surface area (TPSA) is 97.3 Å². The molecule has 0 fully saturated rings. The maximum absolute atomic E-state index is 13.4. The van der Waals surface area contributed by atoms with Crippen molar-refractivity contribution in [2.75, 3.05) is 25.0 Å². The third kappa shape index (κ3) is 10.4. The van der Waals surface area contributed by atoms with Crippen LogP contribution in [0.5, 0.6) is 0 Å². The first-order valence-corrected chi connectivity index (χ1v) is 11.7. The molecule has 34 heavy (non-hydrogen) atoms. The van der Waals surface area contributed by atoms with E-state index in [4.69, 9.17) is 4.74 Å². The van der Waals surface area contributed by atoms with Gasteiger partial charge < -0.3 is 25.3 Å². The number of rotatable bonds is 15. The molecule has 0 saturated heterocycles. The van der Waals surface area contributed by atoms with E-state index in [0.29, 0.717) is 25.2 Å². The molecule has 0 aliphatic heterocycles. The number of nitrogens with zero attached hydrogens (tertiary/aromatic N) is 2. The quantitative estimate of drug-likeness (QED) is 0.341. The zero-order valence-electron chi connectivity index (χ0n) is 20.1. The fourth-order valence-corrected chi connectivity index (χ4v) is 3.31. The zero-order chi connectivity index (χ0) is 24.9. The highest BCUT2D eigenvalue weighted by Gasteiger charge is 2.21. The molecule has 188 valence electrons. The summed E-state index contributed by atoms with van der Waals surface area (Å²) in [6, 6.07) is 2.15. The van der Waals surface area contributed by atoms with Crippen molar-refractivity contribution in [1.29, 1.82) is 0 Å². The molecular weight excluding hydrogens is 444 g/mol. The maximum atomic E-state index is 13.4. The SMILES string of the molecule is CCC[C@H](NC(=O)Cc1cc(F)cc(F)c1)C(=O)Nc1cn(CCNCCCOC(C)C)cn1. The number of ether oxygens (including phenoxy) is 1. The van der Waals surface area contributed by atoms with E-state index in [1.54, 1.807) is 12.5 Å². The van der Waals surface area contributed by atoms with Crippen molar-refractivity contribution in [3.63, 3.8) is 0 Å². The van der Waals surface area contributed by atoms with Crippen LogP contribution in [0.3, 0.4) is 0 Å². The molecule has 2 amide bonds. The van der Waals surface area contributed by atoms with Crippen LogP contribution < -0.4 is 16.0 Å². The van der Waals surface area contributed by atoms with E-state index in [1.165, 1.54) is 0 Å². The Hall–Kier alpha value is -2.85. The third-order valence-corrected chi connectivity index (χ3v) is 4.90. The molecular formula is C24H35F2N5O3. The summed E-state index contributed by atoms with van der Waals surface area (Å²) in [6.07, 6.45) is 5.38. The van der Waals surface area contributed by atoms with E-state index < -0.39 is 29.5 Å². The minimum atomic E-state index is -0.782. The van der Waals surface area contributed by atoms with Crippen molar-refractivity contribution in [2.45, 2.75) is 65.1 Å². The number of aromatic nitrogens is 2. The van der Waals surface area contributed by atoms with Gasteiger partial charge in [-0.05, 0) is 50.9 Å². The first kappa shape index (κ1) is 27.4. The Morgan fingerprint density at radius 2 is 1.88 bits per heavy atom. The van der Waals surface area contributed by atoms with Crippen LogP contribution in [-0.2, 0) is 27.3 Å². The van der Waals surface area contributed by atoms with Gasteiger partial charge in [-0.15, -0.1) is 0 Å². The number of nitrogens with one attached hydrogen (secondary N) is 3. The van der Waals surface area contributed by atoms with Gasteiger partial charge in [0.15, 0.2) is 5.82 Å². The minimum Gasteiger partial charge on any atom is -0.379 e. The average Bonchev–Trinajstić information content (AvgIpc) is 3.18. The molecule has 0 unspecified atom stereocenters. The van der Waals surface area contributed by atoms with Crippen LogP contribution in [0.4, 0.5) is 14.6 Å². The number of hydrogen-bond acceptors (Lipinski definition) is 5. The molecule has 2 aromatic rings. The molecule has 0 radical (unpaired) electrons. The summed E-state index contributed by atoms with van der Waals surface area (Å²) in [6.45, 7) is 8.93. The van der Waals surface area contributed by atoms with E-state index in [0.717, 1.165) is 44.3 Å². The van der Waals surface area contributed by atoms with Gasteiger partial charge in [-0.2, -0.15) is 0 Å². The third-order valence-electron chi connectivity index (χ3n) is 4.90. The number of benzene rings is 1. The highest BCUT2D eigenvalue weighted by molar-refractivity contribution is 5.96. The molecule has 1 atom stereocenters. The molecule has 2 rings (SSSR count). The van der Waals surface area contributed by atoms with Crippen LogP contribution in [0.1, 0.15) is 45.6 Å². The number of anilines is 1. The number of carbonyl (C=O) groups is 2. The van der Waals surface area contributed by atoms with Gasteiger partial charge in [-0.3, -0.25) is 9.59 Å². The molecule has 1 heterocycles. The largest absolute Gasteiger partial charge is 0.379 e. The van der Waals surface area contributed by atoms with Crippen molar-refractivity contribution < 1.29 is 23.1 Å². The highest BCUT2D eigenvalue weighted by Crippen LogP contribution is 2.10. The van der Waals surface area contributed by atoms with Crippen molar-refractivity contribution in [3.8, 4) is 0 Å². The number of halogens is 2. The smallest absolute Gasteiger partial charge is 0.248 e. The molecule has 10 heteroatoms. The Bertz CT molecular complexity index is 900. The highest BCUT2D eigenvalue weighted by atomic mass is 19.1. The fourth-order valence-electron chi connectivity index (χ4n) is 3.31. The van der Waals surface area contributed by atoms with Crippen LogP contribution in [0.15, 0.2) is 30.7 Å². The Kier molecular flexibility index (Phi) is 11.6. The van der Waals surface area contributed by atoms with Crippen LogP contribution >= 0.6 is 0 Å². The second-order valence-corrected chi connectivity index (χ2v) is 8.37. The normalized spacial score (nSPS) is 12.1. The Morgan fingerprint density at radius 3 is 2.56 bits per heavy atom. The molecule has 0 saturated carbocycles. The van der Waals surface area contributed by atoms with Crippen molar-refractivity contribution in [3.05, 3.63) is 47.9 Å². The first-order chi connectivity index (χ1) is 16.3. The lowest BCUT2D eigenvalue weighted by molar-refractivity contribution is -0.126. The van der Waals surface area contributed by atoms with E-state index in [2.05, 4.69) is 20.9 Å². The van der Waals surface area contributed by atoms with E-state index in [9.17, 15) is 18.4 Å². The van der Waals surface area contributed by atoms with Crippen molar-refractivity contribution in [2.24, 2.45) is 0 Å². The van der Waals surface area contributed by atoms with Crippen molar-refractivity contribution >= 4 is 17.6 Å². The summed E-state index contributed by atoms with van der Waals surface area (Å²) >= 11 is 0. The molecule has 1 aromatic carbocycles. The molecule has 0 bridgehead atoms. The number of hydrogen-bond donors (Lipinski definition) is 3. The van der Waals surface area contributed by atoms with E-state index in [1.807, 2.05) is 25.3 Å². The molecule has 0 aliphatic carbocycles. The van der Waals surface area contributed by atoms with Gasteiger partial charge in [0.1, 0.15) is 17.7 Å². The average molecular weight is 480 g/mol. The number of imidazole rings is 1. The van der Waals surface area contributed by atoms with Crippen molar-refractivity contribution in [1.82, 2.24) is 20.2 Å². The first-order valence-electron chi connectivity index (χ1n) is 11.7. The van der Waals surface area contributed by atoms with Gasteiger partial charge in [0.05, 0.1) is 18.9 Å². The second kappa shape index (κ2) is 14.4. The van der Waals surface area contributed by atoms with Gasteiger partial charge in [0.2, 0.25) is 11.8 Å². The van der Waals surface area contributed by atoms with Gasteiger partial charge in [0, 0.05) is 32.0 Å². The Balaban J connectivity index is 1.79. The maximum Gasteiger partial charge on any atom is 0.248 e. The fraction of sp³-hybridized carbons (Fsp3) is 0.542. The zero-order valence-corrected chi connectivity index (χ0v) is 20.1. The Morgan fingerprint density at radius 1 is 1.15 bits per heavy atom. The minimum absolute atomic E-state index is 0.199. The molecule has 0 aliphatic rings. The summed E-state index contributed by atoms with van der Waals surface area (Å²) < 4.78 is 34.1. The van der Waals surface area contributed by atoms with Gasteiger partial charge in [0.25, 0.3) is 0 Å². The van der Waals surface area contributed by atoms with E-state index in [-0.39, 0.29) is 18.1 Å². The van der Waals surface area contributed by atoms with Crippen LogP contribution in [-0.4, -0.2) is 53.2 Å². The van der Waals surface area contributed by atoms with Crippen LogP contribution in [0.2, 0.25) is 0 Å². The molecule has 3 N–H and O–H groups in total. The second-order valence-electron chi connectivity index (χ2n) is 8.37. The standard InChI is InChI=1S/C24H35F2N5O3/c1-4-6-21(29-23(32)13-18-11-19(25)14-20(26)12-18)24(33)30-22-15-31(16-28-22)9-8-27-7-5-10-34-17(2)3/h11-12,14-17,21,27H,4-10,13H2,1-3H3,(H,29,32)(H,30,33)/t21-/m0/s1. The summed E-state index contributed by atoms with van der Waals surface area (Å²) in [4.78, 5) is 29.3. The lowest BCUT2D eigenvalue weighted by Crippen LogP contribution is -2.44. The summed E-state index contributed by atoms with van der Waals surface area (Å²) in [5, 5.41) is 8.70. The van der Waals surface area contributed by atoms with Crippen LogP contribution in [0, 0.1) is 11.6 Å². The lowest BCUT2D eigenvalue weighted by Gasteiger charge is -2.17. The van der Waals surface area contributed by atoms with E-state index >= 15 is 0 Å². The van der Waals surface area contributed by atoms with Crippen LogP contribution in [0.25, 0.3) is 0 Å². The molecule has 8 nitrogen and oxygen atoms in total. The summed E-state index contributed by atoms with van der Waals surface area (Å²) in [5.41, 5.74) is 0.199. The predicted molar refractivity (Wildman–Crippen MR) is 126 cm³/mol. The number of amides is 2. The lowest BCUT2D eigenvalue weighted by atomic mass is 10.1.